The van der Waals surface area contributed by atoms with Crippen LogP contribution in [0.25, 0.3) is 0 Å². The van der Waals surface area contributed by atoms with E-state index >= 15 is 0 Å². The Morgan fingerprint density at radius 3 is 2.50 bits per heavy atom. The van der Waals surface area contributed by atoms with Crippen molar-refractivity contribution in [3.63, 3.8) is 0 Å². The minimum Gasteiger partial charge on any atom is -0.457 e. The number of para-hydroxylation sites is 1. The molecule has 0 fully saturated rings. The van der Waals surface area contributed by atoms with Crippen LogP contribution in [0.1, 0.15) is 17.5 Å². The average Bonchev–Trinajstić information content (AvgIpc) is 2.39. The quantitative estimate of drug-likeness (QED) is 0.717. The topological polar surface area (TPSA) is 9.23 Å². The molecule has 0 radical (unpaired) electrons. The maximum absolute atomic E-state index is 5.78. The van der Waals surface area contributed by atoms with Gasteiger partial charge in [-0.1, -0.05) is 24.3 Å². The molecule has 0 amide bonds. The van der Waals surface area contributed by atoms with Crippen LogP contribution in [-0.2, 0) is 6.42 Å². The maximum Gasteiger partial charge on any atom is 0.127 e. The van der Waals surface area contributed by atoms with E-state index in [0.717, 1.165) is 24.3 Å². The van der Waals surface area contributed by atoms with Gasteiger partial charge in [-0.3, -0.25) is 0 Å². The maximum atomic E-state index is 5.78. The molecular formula is C17H16O. The van der Waals surface area contributed by atoms with E-state index in [1.165, 1.54) is 11.1 Å². The molecule has 0 aromatic heterocycles. The molecule has 0 unspecified atom stereocenters. The summed E-state index contributed by atoms with van der Waals surface area (Å²) in [6, 6.07) is 15.9. The van der Waals surface area contributed by atoms with Crippen LogP contribution in [-0.4, -0.2) is 0 Å². The average molecular weight is 236 g/mol. The first kappa shape index (κ1) is 12.3. The van der Waals surface area contributed by atoms with Crippen LogP contribution in [0.2, 0.25) is 0 Å². The number of rotatable bonds is 4. The monoisotopic (exact) mass is 236 g/mol. The second-order valence-electron chi connectivity index (χ2n) is 4.21. The second kappa shape index (κ2) is 5.93. The zero-order chi connectivity index (χ0) is 12.8. The van der Waals surface area contributed by atoms with E-state index < -0.39 is 0 Å². The molecule has 1 nitrogen and oxygen atoms in total. The van der Waals surface area contributed by atoms with Crippen LogP contribution < -0.4 is 4.74 Å². The molecule has 0 bridgehead atoms. The van der Waals surface area contributed by atoms with Gasteiger partial charge in [0.2, 0.25) is 0 Å². The number of hydrogen-bond acceptors (Lipinski definition) is 1. The van der Waals surface area contributed by atoms with Crippen LogP contribution in [0.3, 0.4) is 0 Å². The Kier molecular flexibility index (Phi) is 4.04. The van der Waals surface area contributed by atoms with E-state index in [1.54, 1.807) is 0 Å². The van der Waals surface area contributed by atoms with Crippen molar-refractivity contribution < 1.29 is 4.74 Å². The van der Waals surface area contributed by atoms with Crippen molar-refractivity contribution in [3.05, 3.63) is 59.7 Å². The molecule has 0 saturated carbocycles. The standard InChI is InChI=1S/C17H16O/c1-3-4-8-15-11-12-17(13-14(15)2)18-16-9-6-5-7-10-16/h1,5-7,9-13H,4,8H2,2H3. The summed E-state index contributed by atoms with van der Waals surface area (Å²) in [7, 11) is 0. The van der Waals surface area contributed by atoms with Crippen molar-refractivity contribution in [2.75, 3.05) is 0 Å². The number of hydrogen-bond donors (Lipinski definition) is 0. The van der Waals surface area contributed by atoms with Crippen LogP contribution >= 0.6 is 0 Å². The van der Waals surface area contributed by atoms with Gasteiger partial charge in [-0.05, 0) is 48.7 Å². The second-order valence-corrected chi connectivity index (χ2v) is 4.21. The summed E-state index contributed by atoms with van der Waals surface area (Å²) in [6.45, 7) is 2.09. The summed E-state index contributed by atoms with van der Waals surface area (Å²) in [5.74, 6) is 4.39. The van der Waals surface area contributed by atoms with Gasteiger partial charge in [0.15, 0.2) is 0 Å². The fraction of sp³-hybridized carbons (Fsp3) is 0.176. The number of benzene rings is 2. The smallest absolute Gasteiger partial charge is 0.127 e. The predicted molar refractivity (Wildman–Crippen MR) is 74.8 cm³/mol. The normalized spacial score (nSPS) is 9.78. The highest BCUT2D eigenvalue weighted by Gasteiger charge is 2.01. The highest BCUT2D eigenvalue weighted by molar-refractivity contribution is 5.38. The first-order valence-electron chi connectivity index (χ1n) is 6.05. The van der Waals surface area contributed by atoms with Crippen LogP contribution in [0.15, 0.2) is 48.5 Å². The molecule has 1 heteroatoms. The molecular weight excluding hydrogens is 220 g/mol. The van der Waals surface area contributed by atoms with Crippen LogP contribution in [0.4, 0.5) is 0 Å². The van der Waals surface area contributed by atoms with Crippen molar-refractivity contribution in [2.45, 2.75) is 19.8 Å². The molecule has 0 saturated heterocycles. The number of terminal acetylenes is 1. The molecule has 18 heavy (non-hydrogen) atoms. The Balaban J connectivity index is 2.12. The zero-order valence-electron chi connectivity index (χ0n) is 10.5. The molecule has 2 aromatic carbocycles. The van der Waals surface area contributed by atoms with Crippen molar-refractivity contribution in [1.82, 2.24) is 0 Å². The highest BCUT2D eigenvalue weighted by Crippen LogP contribution is 2.24. The van der Waals surface area contributed by atoms with E-state index in [1.807, 2.05) is 36.4 Å². The van der Waals surface area contributed by atoms with Gasteiger partial charge in [0.05, 0.1) is 0 Å². The van der Waals surface area contributed by atoms with Gasteiger partial charge < -0.3 is 4.74 Å². The van der Waals surface area contributed by atoms with Gasteiger partial charge in [0.25, 0.3) is 0 Å². The van der Waals surface area contributed by atoms with E-state index in [9.17, 15) is 0 Å². The van der Waals surface area contributed by atoms with Crippen molar-refractivity contribution in [1.29, 1.82) is 0 Å². The van der Waals surface area contributed by atoms with E-state index in [0.29, 0.717) is 0 Å². The van der Waals surface area contributed by atoms with E-state index in [4.69, 9.17) is 11.2 Å². The largest absolute Gasteiger partial charge is 0.457 e. The third kappa shape index (κ3) is 3.15. The molecule has 0 spiro atoms. The zero-order valence-corrected chi connectivity index (χ0v) is 10.5. The molecule has 0 aliphatic rings. The lowest BCUT2D eigenvalue weighted by molar-refractivity contribution is 0.482. The van der Waals surface area contributed by atoms with Gasteiger partial charge in [-0.25, -0.2) is 0 Å². The number of ether oxygens (including phenoxy) is 1. The third-order valence-corrected chi connectivity index (χ3v) is 2.83. The van der Waals surface area contributed by atoms with Gasteiger partial charge in [-0.2, -0.15) is 0 Å². The number of aryl methyl sites for hydroxylation is 2. The van der Waals surface area contributed by atoms with Gasteiger partial charge in [-0.15, -0.1) is 12.3 Å². The Hall–Kier alpha value is -2.20. The summed E-state index contributed by atoms with van der Waals surface area (Å²) in [5.41, 5.74) is 2.51. The van der Waals surface area contributed by atoms with Crippen molar-refractivity contribution in [3.8, 4) is 23.8 Å². The van der Waals surface area contributed by atoms with Gasteiger partial charge >= 0.3 is 0 Å². The fourth-order valence-electron chi connectivity index (χ4n) is 1.84. The lowest BCUT2D eigenvalue weighted by Crippen LogP contribution is -1.91. The highest BCUT2D eigenvalue weighted by atomic mass is 16.5. The van der Waals surface area contributed by atoms with Gasteiger partial charge in [0, 0.05) is 6.42 Å². The predicted octanol–water partition coefficient (Wildman–Crippen LogP) is 4.35. The summed E-state index contributed by atoms with van der Waals surface area (Å²) < 4.78 is 5.78. The molecule has 0 aliphatic carbocycles. The molecule has 0 atom stereocenters. The molecule has 2 aromatic rings. The molecule has 0 N–H and O–H groups in total. The summed E-state index contributed by atoms with van der Waals surface area (Å²) in [4.78, 5) is 0. The Bertz CT molecular complexity index is 550. The Labute approximate surface area is 108 Å². The van der Waals surface area contributed by atoms with Crippen LogP contribution in [0.5, 0.6) is 11.5 Å². The van der Waals surface area contributed by atoms with Crippen LogP contribution in [0, 0.1) is 19.3 Å². The SMILES string of the molecule is C#CCCc1ccc(Oc2ccccc2)cc1C. The van der Waals surface area contributed by atoms with Crippen molar-refractivity contribution >= 4 is 0 Å². The lowest BCUT2D eigenvalue weighted by Gasteiger charge is -2.09. The summed E-state index contributed by atoms with van der Waals surface area (Å²) in [6.07, 6.45) is 6.99. The van der Waals surface area contributed by atoms with Gasteiger partial charge in [0.1, 0.15) is 11.5 Å². The lowest BCUT2D eigenvalue weighted by atomic mass is 10.0. The summed E-state index contributed by atoms with van der Waals surface area (Å²) in [5, 5.41) is 0. The molecule has 0 aliphatic heterocycles. The van der Waals surface area contributed by atoms with Crippen molar-refractivity contribution in [2.24, 2.45) is 0 Å². The van der Waals surface area contributed by atoms with E-state index in [-0.39, 0.29) is 0 Å². The minimum atomic E-state index is 0.778. The Morgan fingerprint density at radius 1 is 1.06 bits per heavy atom. The molecule has 0 heterocycles. The molecule has 2 rings (SSSR count). The van der Waals surface area contributed by atoms with E-state index in [2.05, 4.69) is 25.0 Å². The fourth-order valence-corrected chi connectivity index (χ4v) is 1.84. The third-order valence-electron chi connectivity index (χ3n) is 2.83. The molecule has 90 valence electrons. The summed E-state index contributed by atoms with van der Waals surface area (Å²) >= 11 is 0. The first-order chi connectivity index (χ1) is 8.79. The Morgan fingerprint density at radius 2 is 1.83 bits per heavy atom. The minimum absolute atomic E-state index is 0.778. The first-order valence-corrected chi connectivity index (χ1v) is 6.05.